The van der Waals surface area contributed by atoms with Crippen LogP contribution >= 0.6 is 0 Å². The molecule has 1 aromatic carbocycles. The van der Waals surface area contributed by atoms with Gasteiger partial charge < -0.3 is 5.73 Å². The molecule has 0 aromatic heterocycles. The molecule has 0 saturated carbocycles. The van der Waals surface area contributed by atoms with E-state index in [4.69, 9.17) is 11.0 Å². The van der Waals surface area contributed by atoms with Crippen LogP contribution in [0.3, 0.4) is 0 Å². The van der Waals surface area contributed by atoms with Crippen molar-refractivity contribution in [3.05, 3.63) is 29.8 Å². The Bertz CT molecular complexity index is 686. The molecule has 0 atom stereocenters. The highest BCUT2D eigenvalue weighted by Crippen LogP contribution is 2.13. The first-order valence-corrected chi connectivity index (χ1v) is 9.41. The van der Waals surface area contributed by atoms with Crippen LogP contribution in [0.5, 0.6) is 0 Å². The van der Waals surface area contributed by atoms with E-state index in [1.54, 1.807) is 0 Å². The van der Waals surface area contributed by atoms with E-state index in [1.165, 1.54) is 24.3 Å². The van der Waals surface area contributed by atoms with Crippen LogP contribution in [0.4, 0.5) is 0 Å². The van der Waals surface area contributed by atoms with Gasteiger partial charge in [0.05, 0.1) is 33.8 Å². The molecule has 0 unspecified atom stereocenters. The molecular weight excluding hydrogens is 300 g/mol. The summed E-state index contributed by atoms with van der Waals surface area (Å²) in [4.78, 5) is 0.0190. The first kappa shape index (κ1) is 16.6. The standard InChI is InChI=1S/C12H16N2O4S2/c13-6-1-7-19(15,16)8-9-20(17,18)12-4-2-11(10-14)3-5-12/h2-5H,1,6-9,13H2. The summed E-state index contributed by atoms with van der Waals surface area (Å²) in [6, 6.07) is 7.26. The highest BCUT2D eigenvalue weighted by Gasteiger charge is 2.19. The minimum Gasteiger partial charge on any atom is -0.330 e. The Morgan fingerprint density at radius 2 is 1.60 bits per heavy atom. The lowest BCUT2D eigenvalue weighted by Crippen LogP contribution is -2.21. The van der Waals surface area contributed by atoms with Gasteiger partial charge in [-0.15, -0.1) is 0 Å². The minimum atomic E-state index is -3.66. The van der Waals surface area contributed by atoms with E-state index >= 15 is 0 Å². The molecule has 0 saturated heterocycles. The molecule has 8 heteroatoms. The molecule has 0 amide bonds. The average Bonchev–Trinajstić information content (AvgIpc) is 2.43. The fourth-order valence-corrected chi connectivity index (χ4v) is 4.99. The SMILES string of the molecule is N#Cc1ccc(S(=O)(=O)CCS(=O)(=O)CCCN)cc1. The van der Waals surface area contributed by atoms with Crippen molar-refractivity contribution < 1.29 is 16.8 Å². The van der Waals surface area contributed by atoms with Crippen molar-refractivity contribution in [2.75, 3.05) is 23.8 Å². The average molecular weight is 316 g/mol. The van der Waals surface area contributed by atoms with Crippen LogP contribution in [-0.2, 0) is 19.7 Å². The molecule has 0 bridgehead atoms. The van der Waals surface area contributed by atoms with Crippen molar-refractivity contribution >= 4 is 19.7 Å². The van der Waals surface area contributed by atoms with E-state index in [0.29, 0.717) is 12.0 Å². The van der Waals surface area contributed by atoms with Crippen LogP contribution in [-0.4, -0.2) is 40.6 Å². The predicted octanol–water partition coefficient (Wildman–Crippen LogP) is 0.0956. The van der Waals surface area contributed by atoms with Crippen molar-refractivity contribution in [2.24, 2.45) is 5.73 Å². The number of nitrogens with zero attached hydrogens (tertiary/aromatic N) is 1. The number of sulfone groups is 2. The van der Waals surface area contributed by atoms with E-state index < -0.39 is 31.2 Å². The van der Waals surface area contributed by atoms with Crippen LogP contribution in [0.15, 0.2) is 29.2 Å². The van der Waals surface area contributed by atoms with Crippen LogP contribution in [0.2, 0.25) is 0 Å². The largest absolute Gasteiger partial charge is 0.330 e. The molecule has 6 nitrogen and oxygen atoms in total. The molecule has 0 heterocycles. The van der Waals surface area contributed by atoms with Crippen molar-refractivity contribution in [3.8, 4) is 6.07 Å². The lowest BCUT2D eigenvalue weighted by molar-refractivity contribution is 0.586. The summed E-state index contributed by atoms with van der Waals surface area (Å²) in [7, 11) is -7.07. The Morgan fingerprint density at radius 1 is 1.00 bits per heavy atom. The maximum Gasteiger partial charge on any atom is 0.179 e. The van der Waals surface area contributed by atoms with Gasteiger partial charge in [0.1, 0.15) is 0 Å². The Morgan fingerprint density at radius 3 is 2.10 bits per heavy atom. The second-order valence-electron chi connectivity index (χ2n) is 4.25. The summed E-state index contributed by atoms with van der Waals surface area (Å²) in [5.74, 6) is -0.993. The predicted molar refractivity (Wildman–Crippen MR) is 75.5 cm³/mol. The number of nitriles is 1. The summed E-state index contributed by atoms with van der Waals surface area (Å²) in [6.45, 7) is 0.252. The van der Waals surface area contributed by atoms with Gasteiger partial charge in [-0.2, -0.15) is 5.26 Å². The van der Waals surface area contributed by atoms with E-state index in [0.717, 1.165) is 0 Å². The number of benzene rings is 1. The van der Waals surface area contributed by atoms with E-state index in [1.807, 2.05) is 6.07 Å². The number of nitrogens with two attached hydrogens (primary N) is 1. The summed E-state index contributed by atoms with van der Waals surface area (Å²) in [5, 5.41) is 8.63. The van der Waals surface area contributed by atoms with Gasteiger partial charge in [0.15, 0.2) is 19.7 Å². The maximum absolute atomic E-state index is 12.0. The minimum absolute atomic E-state index is 0.0190. The smallest absolute Gasteiger partial charge is 0.179 e. The molecule has 0 aliphatic rings. The van der Waals surface area contributed by atoms with Gasteiger partial charge in [0, 0.05) is 0 Å². The number of hydrogen-bond donors (Lipinski definition) is 1. The highest BCUT2D eigenvalue weighted by molar-refractivity contribution is 7.95. The van der Waals surface area contributed by atoms with Gasteiger partial charge in [0.25, 0.3) is 0 Å². The fraction of sp³-hybridized carbons (Fsp3) is 0.417. The number of rotatable bonds is 7. The van der Waals surface area contributed by atoms with Crippen LogP contribution < -0.4 is 5.73 Å². The van der Waals surface area contributed by atoms with Gasteiger partial charge >= 0.3 is 0 Å². The van der Waals surface area contributed by atoms with Crippen molar-refractivity contribution in [2.45, 2.75) is 11.3 Å². The van der Waals surface area contributed by atoms with E-state index in [2.05, 4.69) is 0 Å². The van der Waals surface area contributed by atoms with Gasteiger partial charge in [-0.25, -0.2) is 16.8 Å². The van der Waals surface area contributed by atoms with Crippen LogP contribution in [0.1, 0.15) is 12.0 Å². The molecule has 0 aliphatic carbocycles. The lowest BCUT2D eigenvalue weighted by Gasteiger charge is -2.05. The summed E-state index contributed by atoms with van der Waals surface area (Å²) in [6.07, 6.45) is 0.319. The Labute approximate surface area is 119 Å². The van der Waals surface area contributed by atoms with Gasteiger partial charge in [-0.1, -0.05) is 0 Å². The van der Waals surface area contributed by atoms with Crippen molar-refractivity contribution in [3.63, 3.8) is 0 Å². The first-order valence-electron chi connectivity index (χ1n) is 5.94. The van der Waals surface area contributed by atoms with Gasteiger partial charge in [-0.05, 0) is 37.2 Å². The van der Waals surface area contributed by atoms with E-state index in [9.17, 15) is 16.8 Å². The quantitative estimate of drug-likeness (QED) is 0.762. The molecule has 2 N–H and O–H groups in total. The number of hydrogen-bond acceptors (Lipinski definition) is 6. The molecular formula is C12H16N2O4S2. The van der Waals surface area contributed by atoms with Crippen molar-refractivity contribution in [1.82, 2.24) is 0 Å². The summed E-state index contributed by atoms with van der Waals surface area (Å²) < 4.78 is 47.2. The molecule has 1 aromatic rings. The van der Waals surface area contributed by atoms with Crippen molar-refractivity contribution in [1.29, 1.82) is 5.26 Å². The Balaban J connectivity index is 2.78. The third-order valence-corrected chi connectivity index (χ3v) is 6.39. The molecule has 0 aliphatic heterocycles. The second kappa shape index (κ2) is 6.83. The third kappa shape index (κ3) is 4.92. The maximum atomic E-state index is 12.0. The Kier molecular flexibility index (Phi) is 5.68. The third-order valence-electron chi connectivity index (χ3n) is 2.67. The molecule has 0 spiro atoms. The molecule has 1 rings (SSSR count). The molecule has 0 fully saturated rings. The Hall–Kier alpha value is -1.43. The second-order valence-corrected chi connectivity index (χ2v) is 8.66. The lowest BCUT2D eigenvalue weighted by atomic mass is 10.2. The van der Waals surface area contributed by atoms with Crippen LogP contribution in [0.25, 0.3) is 0 Å². The first-order chi connectivity index (χ1) is 9.30. The van der Waals surface area contributed by atoms with Crippen LogP contribution in [0, 0.1) is 11.3 Å². The molecule has 20 heavy (non-hydrogen) atoms. The molecule has 110 valence electrons. The summed E-state index contributed by atoms with van der Waals surface area (Å²) >= 11 is 0. The normalized spacial score (nSPS) is 12.0. The fourth-order valence-electron chi connectivity index (χ4n) is 1.50. The summed E-state index contributed by atoms with van der Waals surface area (Å²) in [5.41, 5.74) is 5.57. The zero-order valence-electron chi connectivity index (χ0n) is 10.8. The topological polar surface area (TPSA) is 118 Å². The van der Waals surface area contributed by atoms with Gasteiger partial charge in [0.2, 0.25) is 0 Å². The van der Waals surface area contributed by atoms with Gasteiger partial charge in [-0.3, -0.25) is 0 Å². The highest BCUT2D eigenvalue weighted by atomic mass is 32.2. The monoisotopic (exact) mass is 316 g/mol. The van der Waals surface area contributed by atoms with E-state index in [-0.39, 0.29) is 17.2 Å². The molecule has 0 radical (unpaired) electrons. The zero-order valence-corrected chi connectivity index (χ0v) is 12.5. The zero-order chi connectivity index (χ0) is 15.2.